The van der Waals surface area contributed by atoms with E-state index < -0.39 is 15.8 Å². The lowest BCUT2D eigenvalue weighted by Gasteiger charge is -2.15. The minimum absolute atomic E-state index is 0.0746. The predicted molar refractivity (Wildman–Crippen MR) is 60.8 cm³/mol. The van der Waals surface area contributed by atoms with Crippen LogP contribution in [0.4, 0.5) is 10.1 Å². The van der Waals surface area contributed by atoms with Gasteiger partial charge in [-0.3, -0.25) is 0 Å². The van der Waals surface area contributed by atoms with Gasteiger partial charge in [0.25, 0.3) is 0 Å². The maximum Gasteiger partial charge on any atom is 0.243 e. The van der Waals surface area contributed by atoms with Gasteiger partial charge in [0.2, 0.25) is 10.0 Å². The molecule has 0 aliphatic heterocycles. The Bertz CT molecular complexity index is 479. The van der Waals surface area contributed by atoms with Gasteiger partial charge < -0.3 is 5.73 Å². The summed E-state index contributed by atoms with van der Waals surface area (Å²) in [4.78, 5) is -0.158. The van der Waals surface area contributed by atoms with Crippen LogP contribution in [0.15, 0.2) is 35.7 Å². The van der Waals surface area contributed by atoms with E-state index in [0.717, 1.165) is 16.4 Å². The zero-order valence-electron chi connectivity index (χ0n) is 8.85. The SMILES string of the molecule is C=CCN(C)S(=O)(=O)c1cc(N)cc(F)c1. The Morgan fingerprint density at radius 1 is 1.50 bits per heavy atom. The van der Waals surface area contributed by atoms with Crippen molar-refractivity contribution < 1.29 is 12.8 Å². The summed E-state index contributed by atoms with van der Waals surface area (Å²) >= 11 is 0. The third-order valence-electron chi connectivity index (χ3n) is 1.99. The highest BCUT2D eigenvalue weighted by Crippen LogP contribution is 2.18. The van der Waals surface area contributed by atoms with Crippen LogP contribution >= 0.6 is 0 Å². The fourth-order valence-electron chi connectivity index (χ4n) is 1.19. The maximum absolute atomic E-state index is 13.0. The summed E-state index contributed by atoms with van der Waals surface area (Å²) in [6.45, 7) is 3.59. The Morgan fingerprint density at radius 2 is 2.12 bits per heavy atom. The quantitative estimate of drug-likeness (QED) is 0.639. The summed E-state index contributed by atoms with van der Waals surface area (Å²) in [7, 11) is -2.32. The number of anilines is 1. The third kappa shape index (κ3) is 2.59. The molecule has 88 valence electrons. The van der Waals surface area contributed by atoms with Crippen LogP contribution in [-0.2, 0) is 10.0 Å². The Hall–Kier alpha value is -1.40. The zero-order valence-corrected chi connectivity index (χ0v) is 9.67. The number of rotatable bonds is 4. The molecule has 0 aromatic heterocycles. The molecule has 6 heteroatoms. The molecule has 1 aromatic rings. The highest BCUT2D eigenvalue weighted by atomic mass is 32.2. The summed E-state index contributed by atoms with van der Waals surface area (Å²) in [6.07, 6.45) is 1.44. The number of benzene rings is 1. The van der Waals surface area contributed by atoms with Gasteiger partial charge >= 0.3 is 0 Å². The van der Waals surface area contributed by atoms with Crippen molar-refractivity contribution in [2.75, 3.05) is 19.3 Å². The first-order valence-corrected chi connectivity index (χ1v) is 5.95. The number of likely N-dealkylation sites (N-methyl/N-ethyl adjacent to an activating group) is 1. The first-order valence-electron chi connectivity index (χ1n) is 4.51. The van der Waals surface area contributed by atoms with Crippen LogP contribution in [0.5, 0.6) is 0 Å². The average Bonchev–Trinajstić information content (AvgIpc) is 2.16. The normalized spacial score (nSPS) is 11.7. The second-order valence-electron chi connectivity index (χ2n) is 3.29. The van der Waals surface area contributed by atoms with Gasteiger partial charge in [-0.25, -0.2) is 12.8 Å². The van der Waals surface area contributed by atoms with Crippen molar-refractivity contribution >= 4 is 15.7 Å². The van der Waals surface area contributed by atoms with E-state index in [1.165, 1.54) is 19.2 Å². The van der Waals surface area contributed by atoms with Crippen LogP contribution in [0, 0.1) is 5.82 Å². The van der Waals surface area contributed by atoms with Gasteiger partial charge in [0.15, 0.2) is 0 Å². The molecular weight excluding hydrogens is 231 g/mol. The molecule has 0 unspecified atom stereocenters. The minimum Gasteiger partial charge on any atom is -0.399 e. The first kappa shape index (κ1) is 12.7. The predicted octanol–water partition coefficient (Wildman–Crippen LogP) is 1.21. The Labute approximate surface area is 94.2 Å². The second kappa shape index (κ2) is 4.63. The number of halogens is 1. The summed E-state index contributed by atoms with van der Waals surface area (Å²) < 4.78 is 37.9. The number of nitrogens with zero attached hydrogens (tertiary/aromatic N) is 1. The van der Waals surface area contributed by atoms with Crippen LogP contribution in [-0.4, -0.2) is 26.3 Å². The number of sulfonamides is 1. The molecular formula is C10H13FN2O2S. The fourth-order valence-corrected chi connectivity index (χ4v) is 2.40. The van der Waals surface area contributed by atoms with Crippen molar-refractivity contribution in [3.05, 3.63) is 36.7 Å². The molecule has 0 atom stereocenters. The van der Waals surface area contributed by atoms with Gasteiger partial charge in [-0.1, -0.05) is 6.08 Å². The van der Waals surface area contributed by atoms with Gasteiger partial charge in [-0.05, 0) is 18.2 Å². The molecule has 1 rings (SSSR count). The molecule has 0 heterocycles. The van der Waals surface area contributed by atoms with Crippen LogP contribution in [0.25, 0.3) is 0 Å². The topological polar surface area (TPSA) is 63.4 Å². The van der Waals surface area contributed by atoms with E-state index in [9.17, 15) is 12.8 Å². The summed E-state index contributed by atoms with van der Waals surface area (Å²) in [5, 5.41) is 0. The van der Waals surface area contributed by atoms with Crippen LogP contribution in [0.3, 0.4) is 0 Å². The van der Waals surface area contributed by atoms with Crippen LogP contribution in [0.1, 0.15) is 0 Å². The largest absolute Gasteiger partial charge is 0.399 e. The van der Waals surface area contributed by atoms with Gasteiger partial charge in [-0.15, -0.1) is 6.58 Å². The lowest BCUT2D eigenvalue weighted by atomic mass is 10.3. The number of hydrogen-bond donors (Lipinski definition) is 1. The first-order chi connectivity index (χ1) is 7.37. The smallest absolute Gasteiger partial charge is 0.243 e. The van der Waals surface area contributed by atoms with Crippen LogP contribution in [0.2, 0.25) is 0 Å². The lowest BCUT2D eigenvalue weighted by Crippen LogP contribution is -2.27. The maximum atomic E-state index is 13.0. The monoisotopic (exact) mass is 244 g/mol. The fraction of sp³-hybridized carbons (Fsp3) is 0.200. The van der Waals surface area contributed by atoms with Crippen molar-refractivity contribution in [2.24, 2.45) is 0 Å². The number of nitrogen functional groups attached to an aromatic ring is 1. The van der Waals surface area contributed by atoms with E-state index in [1.54, 1.807) is 0 Å². The average molecular weight is 244 g/mol. The molecule has 1 aromatic carbocycles. The number of hydrogen-bond acceptors (Lipinski definition) is 3. The lowest BCUT2D eigenvalue weighted by molar-refractivity contribution is 0.498. The highest BCUT2D eigenvalue weighted by Gasteiger charge is 2.20. The molecule has 4 nitrogen and oxygen atoms in total. The molecule has 0 radical (unpaired) electrons. The van der Waals surface area contributed by atoms with Crippen molar-refractivity contribution in [1.82, 2.24) is 4.31 Å². The molecule has 0 amide bonds. The van der Waals surface area contributed by atoms with E-state index in [4.69, 9.17) is 5.73 Å². The van der Waals surface area contributed by atoms with E-state index in [1.807, 2.05) is 0 Å². The van der Waals surface area contributed by atoms with Crippen molar-refractivity contribution in [3.8, 4) is 0 Å². The second-order valence-corrected chi connectivity index (χ2v) is 5.34. The van der Waals surface area contributed by atoms with Gasteiger partial charge in [0.1, 0.15) is 5.82 Å². The van der Waals surface area contributed by atoms with E-state index >= 15 is 0 Å². The molecule has 0 bridgehead atoms. The highest BCUT2D eigenvalue weighted by molar-refractivity contribution is 7.89. The van der Waals surface area contributed by atoms with Crippen LogP contribution < -0.4 is 5.73 Å². The molecule has 0 fully saturated rings. The van der Waals surface area contributed by atoms with Gasteiger partial charge in [0.05, 0.1) is 4.90 Å². The molecule has 16 heavy (non-hydrogen) atoms. The summed E-state index contributed by atoms with van der Waals surface area (Å²) in [6, 6.07) is 3.22. The summed E-state index contributed by atoms with van der Waals surface area (Å²) in [5.74, 6) is -0.675. The minimum atomic E-state index is -3.70. The van der Waals surface area contributed by atoms with Gasteiger partial charge in [-0.2, -0.15) is 4.31 Å². The molecule has 2 N–H and O–H groups in total. The molecule has 0 spiro atoms. The molecule has 0 aliphatic carbocycles. The molecule has 0 saturated heterocycles. The third-order valence-corrected chi connectivity index (χ3v) is 3.79. The van der Waals surface area contributed by atoms with E-state index in [2.05, 4.69) is 6.58 Å². The van der Waals surface area contributed by atoms with Gasteiger partial charge in [0, 0.05) is 19.3 Å². The van der Waals surface area contributed by atoms with Crippen molar-refractivity contribution in [2.45, 2.75) is 4.90 Å². The van der Waals surface area contributed by atoms with Crippen molar-refractivity contribution in [3.63, 3.8) is 0 Å². The Morgan fingerprint density at radius 3 is 2.62 bits per heavy atom. The Kier molecular flexibility index (Phi) is 3.66. The summed E-state index contributed by atoms with van der Waals surface area (Å²) in [5.41, 5.74) is 5.46. The standard InChI is InChI=1S/C10H13FN2O2S/c1-3-4-13(2)16(14,15)10-6-8(11)5-9(12)7-10/h3,5-7H,1,4,12H2,2H3. The molecule has 0 saturated carbocycles. The van der Waals surface area contributed by atoms with Crippen molar-refractivity contribution in [1.29, 1.82) is 0 Å². The zero-order chi connectivity index (χ0) is 12.3. The van der Waals surface area contributed by atoms with E-state index in [-0.39, 0.29) is 17.1 Å². The van der Waals surface area contributed by atoms with E-state index in [0.29, 0.717) is 0 Å². The Balaban J connectivity index is 3.21. The molecule has 0 aliphatic rings. The number of nitrogens with two attached hydrogens (primary N) is 1.